The Balaban J connectivity index is 2.03. The number of nitrogens with zero attached hydrogens (tertiary/aromatic N) is 1. The van der Waals surface area contributed by atoms with Crippen molar-refractivity contribution < 1.29 is 4.74 Å². The van der Waals surface area contributed by atoms with E-state index < -0.39 is 0 Å². The molecule has 1 unspecified atom stereocenters. The zero-order chi connectivity index (χ0) is 15.2. The summed E-state index contributed by atoms with van der Waals surface area (Å²) < 4.78 is 5.54. The molecule has 0 radical (unpaired) electrons. The molecule has 1 heterocycles. The number of rotatable bonds is 7. The van der Waals surface area contributed by atoms with E-state index in [1.54, 1.807) is 7.11 Å². The van der Waals surface area contributed by atoms with Gasteiger partial charge in [0, 0.05) is 25.2 Å². The summed E-state index contributed by atoms with van der Waals surface area (Å²) in [5, 5.41) is 3.39. The van der Waals surface area contributed by atoms with Crippen molar-refractivity contribution in [1.82, 2.24) is 10.2 Å². The summed E-state index contributed by atoms with van der Waals surface area (Å²) >= 11 is 0. The fourth-order valence-corrected chi connectivity index (χ4v) is 3.13. The smallest absolute Gasteiger partial charge is 0.123 e. The average Bonchev–Trinajstić information content (AvgIpc) is 2.94. The highest BCUT2D eigenvalue weighted by Gasteiger charge is 2.25. The van der Waals surface area contributed by atoms with Crippen LogP contribution in [-0.4, -0.2) is 31.6 Å². The summed E-state index contributed by atoms with van der Waals surface area (Å²) in [5.74, 6) is 2.65. The molecule has 118 valence electrons. The second-order valence-corrected chi connectivity index (χ2v) is 6.45. The van der Waals surface area contributed by atoms with E-state index in [-0.39, 0.29) is 0 Å². The number of hydrogen-bond donors (Lipinski definition) is 1. The molecule has 2 rings (SSSR count). The molecule has 0 spiro atoms. The molecule has 0 aliphatic carbocycles. The Labute approximate surface area is 129 Å². The standard InChI is InChI=1S/C18H30N2O/c1-5-19-11-15-6-7-18(21-4)17(10-15)13-20-9-8-16(12-20)14(2)3/h6-7,10,14,16,19H,5,8-9,11-13H2,1-4H3. The Morgan fingerprint density at radius 3 is 2.81 bits per heavy atom. The highest BCUT2D eigenvalue weighted by Crippen LogP contribution is 2.28. The largest absolute Gasteiger partial charge is 0.496 e. The van der Waals surface area contributed by atoms with Crippen LogP contribution in [0.25, 0.3) is 0 Å². The van der Waals surface area contributed by atoms with Crippen molar-refractivity contribution in [3.05, 3.63) is 29.3 Å². The van der Waals surface area contributed by atoms with Gasteiger partial charge in [-0.2, -0.15) is 0 Å². The van der Waals surface area contributed by atoms with E-state index in [9.17, 15) is 0 Å². The van der Waals surface area contributed by atoms with Crippen LogP contribution in [0.2, 0.25) is 0 Å². The van der Waals surface area contributed by atoms with Gasteiger partial charge in [-0.15, -0.1) is 0 Å². The van der Waals surface area contributed by atoms with Gasteiger partial charge in [0.05, 0.1) is 7.11 Å². The highest BCUT2D eigenvalue weighted by molar-refractivity contribution is 5.37. The maximum atomic E-state index is 5.54. The van der Waals surface area contributed by atoms with E-state index in [0.29, 0.717) is 0 Å². The maximum absolute atomic E-state index is 5.54. The fraction of sp³-hybridized carbons (Fsp3) is 0.667. The van der Waals surface area contributed by atoms with Gasteiger partial charge in [0.15, 0.2) is 0 Å². The van der Waals surface area contributed by atoms with Gasteiger partial charge in [0.2, 0.25) is 0 Å². The Morgan fingerprint density at radius 1 is 1.38 bits per heavy atom. The van der Waals surface area contributed by atoms with Crippen LogP contribution in [0, 0.1) is 11.8 Å². The van der Waals surface area contributed by atoms with E-state index in [1.807, 2.05) is 0 Å². The first-order chi connectivity index (χ1) is 10.1. The third-order valence-electron chi connectivity index (χ3n) is 4.57. The lowest BCUT2D eigenvalue weighted by atomic mass is 9.95. The zero-order valence-electron chi connectivity index (χ0n) is 14.0. The lowest BCUT2D eigenvalue weighted by Gasteiger charge is -2.20. The summed E-state index contributed by atoms with van der Waals surface area (Å²) in [6.45, 7) is 12.2. The van der Waals surface area contributed by atoms with Crippen LogP contribution in [0.4, 0.5) is 0 Å². The number of ether oxygens (including phenoxy) is 1. The van der Waals surface area contributed by atoms with Crippen molar-refractivity contribution in [1.29, 1.82) is 0 Å². The third-order valence-corrected chi connectivity index (χ3v) is 4.57. The molecule has 1 saturated heterocycles. The second-order valence-electron chi connectivity index (χ2n) is 6.45. The SMILES string of the molecule is CCNCc1ccc(OC)c(CN2CCC(C(C)C)C2)c1. The van der Waals surface area contributed by atoms with Gasteiger partial charge in [-0.3, -0.25) is 4.90 Å². The first-order valence-electron chi connectivity index (χ1n) is 8.22. The van der Waals surface area contributed by atoms with Gasteiger partial charge in [0.25, 0.3) is 0 Å². The van der Waals surface area contributed by atoms with Crippen molar-refractivity contribution in [2.75, 3.05) is 26.7 Å². The van der Waals surface area contributed by atoms with Crippen molar-refractivity contribution in [3.8, 4) is 5.75 Å². The number of methoxy groups -OCH3 is 1. The minimum Gasteiger partial charge on any atom is -0.496 e. The minimum atomic E-state index is 0.789. The van der Waals surface area contributed by atoms with E-state index in [2.05, 4.69) is 49.2 Å². The molecular formula is C18H30N2O. The van der Waals surface area contributed by atoms with Crippen LogP contribution in [0.5, 0.6) is 5.75 Å². The number of hydrogen-bond acceptors (Lipinski definition) is 3. The molecule has 3 nitrogen and oxygen atoms in total. The normalized spacial score (nSPS) is 19.4. The molecule has 1 aromatic rings. The molecule has 1 aromatic carbocycles. The number of nitrogens with one attached hydrogen (secondary N) is 1. The summed E-state index contributed by atoms with van der Waals surface area (Å²) in [7, 11) is 1.77. The average molecular weight is 290 g/mol. The van der Waals surface area contributed by atoms with Crippen LogP contribution in [0.3, 0.4) is 0 Å². The van der Waals surface area contributed by atoms with E-state index in [4.69, 9.17) is 4.74 Å². The molecule has 0 saturated carbocycles. The summed E-state index contributed by atoms with van der Waals surface area (Å²) in [6.07, 6.45) is 1.33. The first-order valence-corrected chi connectivity index (χ1v) is 8.22. The van der Waals surface area contributed by atoms with Gasteiger partial charge in [-0.25, -0.2) is 0 Å². The highest BCUT2D eigenvalue weighted by atomic mass is 16.5. The van der Waals surface area contributed by atoms with Crippen LogP contribution in [0.15, 0.2) is 18.2 Å². The molecular weight excluding hydrogens is 260 g/mol. The molecule has 0 amide bonds. The molecule has 21 heavy (non-hydrogen) atoms. The fourth-order valence-electron chi connectivity index (χ4n) is 3.13. The predicted octanol–water partition coefficient (Wildman–Crippen LogP) is 3.28. The monoisotopic (exact) mass is 290 g/mol. The third kappa shape index (κ3) is 4.45. The minimum absolute atomic E-state index is 0.789. The quantitative estimate of drug-likeness (QED) is 0.834. The van der Waals surface area contributed by atoms with Crippen LogP contribution in [-0.2, 0) is 13.1 Å². The maximum Gasteiger partial charge on any atom is 0.123 e. The Bertz CT molecular complexity index is 445. The number of benzene rings is 1. The first kappa shape index (κ1) is 16.3. The second kappa shape index (κ2) is 7.81. The molecule has 0 bridgehead atoms. The Hall–Kier alpha value is -1.06. The van der Waals surface area contributed by atoms with Crippen LogP contribution in [0.1, 0.15) is 38.3 Å². The van der Waals surface area contributed by atoms with Crippen molar-refractivity contribution in [3.63, 3.8) is 0 Å². The van der Waals surface area contributed by atoms with Gasteiger partial charge < -0.3 is 10.1 Å². The Kier molecular flexibility index (Phi) is 6.07. The molecule has 1 atom stereocenters. The molecule has 0 aromatic heterocycles. The summed E-state index contributed by atoms with van der Waals surface area (Å²) in [4.78, 5) is 2.57. The predicted molar refractivity (Wildman–Crippen MR) is 88.6 cm³/mol. The van der Waals surface area contributed by atoms with Gasteiger partial charge in [-0.1, -0.05) is 26.8 Å². The summed E-state index contributed by atoms with van der Waals surface area (Å²) in [5.41, 5.74) is 2.66. The van der Waals surface area contributed by atoms with E-state index >= 15 is 0 Å². The van der Waals surface area contributed by atoms with Gasteiger partial charge >= 0.3 is 0 Å². The van der Waals surface area contributed by atoms with E-state index in [1.165, 1.54) is 30.6 Å². The Morgan fingerprint density at radius 2 is 2.19 bits per heavy atom. The van der Waals surface area contributed by atoms with Crippen molar-refractivity contribution >= 4 is 0 Å². The van der Waals surface area contributed by atoms with E-state index in [0.717, 1.165) is 37.2 Å². The van der Waals surface area contributed by atoms with Crippen molar-refractivity contribution in [2.24, 2.45) is 11.8 Å². The number of likely N-dealkylation sites (tertiary alicyclic amines) is 1. The van der Waals surface area contributed by atoms with Gasteiger partial charge in [-0.05, 0) is 49.0 Å². The lowest BCUT2D eigenvalue weighted by Crippen LogP contribution is -2.22. The molecule has 3 heteroatoms. The molecule has 1 aliphatic heterocycles. The van der Waals surface area contributed by atoms with Crippen molar-refractivity contribution in [2.45, 2.75) is 40.3 Å². The summed E-state index contributed by atoms with van der Waals surface area (Å²) in [6, 6.07) is 6.56. The van der Waals surface area contributed by atoms with Crippen LogP contribution >= 0.6 is 0 Å². The van der Waals surface area contributed by atoms with Gasteiger partial charge in [0.1, 0.15) is 5.75 Å². The molecule has 1 N–H and O–H groups in total. The molecule has 1 aliphatic rings. The topological polar surface area (TPSA) is 24.5 Å². The zero-order valence-corrected chi connectivity index (χ0v) is 14.0. The lowest BCUT2D eigenvalue weighted by molar-refractivity contribution is 0.291. The van der Waals surface area contributed by atoms with Crippen LogP contribution < -0.4 is 10.1 Å². The molecule has 1 fully saturated rings.